The molecule has 0 bridgehead atoms. The van der Waals surface area contributed by atoms with Crippen LogP contribution in [0, 0.1) is 0 Å². The third kappa shape index (κ3) is 15.4. The van der Waals surface area contributed by atoms with Crippen molar-refractivity contribution in [2.24, 2.45) is 0 Å². The average molecular weight is 271 g/mol. The highest BCUT2D eigenvalue weighted by Crippen LogP contribution is 2.11. The second-order valence-electron chi connectivity index (χ2n) is 5.67. The van der Waals surface area contributed by atoms with Gasteiger partial charge in [-0.1, -0.05) is 71.1 Å². The molecule has 3 heteroatoms. The van der Waals surface area contributed by atoms with E-state index in [1.165, 1.54) is 64.2 Å². The minimum atomic E-state index is -0.731. The second kappa shape index (κ2) is 13.9. The Morgan fingerprint density at radius 3 is 1.68 bits per heavy atom. The molecular formula is C16H33NO2. The van der Waals surface area contributed by atoms with Crippen molar-refractivity contribution in [2.45, 2.75) is 77.6 Å². The molecule has 0 rings (SSSR count). The molecule has 1 N–H and O–H groups in total. The summed E-state index contributed by atoms with van der Waals surface area (Å²) in [6, 6.07) is 0. The monoisotopic (exact) mass is 271 g/mol. The molecule has 0 saturated carbocycles. The lowest BCUT2D eigenvalue weighted by molar-refractivity contribution is -0.137. The molecule has 0 aliphatic carbocycles. The zero-order valence-corrected chi connectivity index (χ0v) is 13.0. The first-order valence-corrected chi connectivity index (χ1v) is 8.07. The van der Waals surface area contributed by atoms with Gasteiger partial charge in [0.2, 0.25) is 0 Å². The predicted octanol–water partition coefficient (Wildman–Crippen LogP) is 4.31. The van der Waals surface area contributed by atoms with Gasteiger partial charge < -0.3 is 5.11 Å². The van der Waals surface area contributed by atoms with Crippen LogP contribution in [-0.2, 0) is 4.79 Å². The van der Waals surface area contributed by atoms with Crippen LogP contribution < -0.4 is 0 Å². The largest absolute Gasteiger partial charge is 0.480 e. The van der Waals surface area contributed by atoms with Gasteiger partial charge in [-0.25, -0.2) is 0 Å². The number of rotatable bonds is 14. The van der Waals surface area contributed by atoms with Gasteiger partial charge in [-0.05, 0) is 20.0 Å². The highest BCUT2D eigenvalue weighted by atomic mass is 16.4. The van der Waals surface area contributed by atoms with Crippen LogP contribution in [0.25, 0.3) is 0 Å². The molecule has 0 amide bonds. The molecule has 0 unspecified atom stereocenters. The van der Waals surface area contributed by atoms with E-state index in [4.69, 9.17) is 5.11 Å². The number of nitrogens with zero attached hydrogens (tertiary/aromatic N) is 1. The van der Waals surface area contributed by atoms with E-state index in [-0.39, 0.29) is 6.54 Å². The lowest BCUT2D eigenvalue weighted by Gasteiger charge is -2.13. The first kappa shape index (κ1) is 18.4. The first-order chi connectivity index (χ1) is 9.16. The number of hydrogen-bond acceptors (Lipinski definition) is 2. The Hall–Kier alpha value is -0.570. The Kier molecular flexibility index (Phi) is 13.4. The zero-order chi connectivity index (χ0) is 14.3. The molecule has 0 spiro atoms. The molecule has 0 aliphatic rings. The molecule has 0 aromatic carbocycles. The standard InChI is InChI=1S/C16H33NO2/c1-3-4-5-6-7-8-9-10-11-12-13-14-17(2)15-16(18)19/h3-15H2,1-2H3,(H,18,19). The highest BCUT2D eigenvalue weighted by molar-refractivity contribution is 5.68. The molecule has 19 heavy (non-hydrogen) atoms. The summed E-state index contributed by atoms with van der Waals surface area (Å²) in [7, 11) is 1.88. The molecule has 0 aromatic rings. The van der Waals surface area contributed by atoms with Crippen molar-refractivity contribution in [3.8, 4) is 0 Å². The Labute approximate surface area is 119 Å². The summed E-state index contributed by atoms with van der Waals surface area (Å²) in [5.41, 5.74) is 0. The number of carbonyl (C=O) groups is 1. The fourth-order valence-electron chi connectivity index (χ4n) is 2.36. The summed E-state index contributed by atoms with van der Waals surface area (Å²) in [6.07, 6.45) is 14.7. The van der Waals surface area contributed by atoms with Crippen LogP contribution in [0.3, 0.4) is 0 Å². The van der Waals surface area contributed by atoms with Crippen LogP contribution in [0.5, 0.6) is 0 Å². The van der Waals surface area contributed by atoms with E-state index in [1.807, 2.05) is 11.9 Å². The SMILES string of the molecule is CCCCCCCCCCCCCN(C)CC(=O)O. The van der Waals surface area contributed by atoms with E-state index in [0.717, 1.165) is 13.0 Å². The van der Waals surface area contributed by atoms with Crippen LogP contribution in [0.4, 0.5) is 0 Å². The van der Waals surface area contributed by atoms with E-state index in [2.05, 4.69) is 6.92 Å². The summed E-state index contributed by atoms with van der Waals surface area (Å²) in [4.78, 5) is 12.4. The maximum absolute atomic E-state index is 10.5. The molecule has 0 heterocycles. The second-order valence-corrected chi connectivity index (χ2v) is 5.67. The fourth-order valence-corrected chi connectivity index (χ4v) is 2.36. The summed E-state index contributed by atoms with van der Waals surface area (Å²) in [5, 5.41) is 8.62. The van der Waals surface area contributed by atoms with Crippen LogP contribution in [0.2, 0.25) is 0 Å². The van der Waals surface area contributed by atoms with Crippen LogP contribution in [-0.4, -0.2) is 36.1 Å². The number of hydrogen-bond donors (Lipinski definition) is 1. The van der Waals surface area contributed by atoms with E-state index < -0.39 is 5.97 Å². The Morgan fingerprint density at radius 2 is 1.26 bits per heavy atom. The zero-order valence-electron chi connectivity index (χ0n) is 13.0. The number of unbranched alkanes of at least 4 members (excludes halogenated alkanes) is 10. The van der Waals surface area contributed by atoms with E-state index in [0.29, 0.717) is 0 Å². The highest BCUT2D eigenvalue weighted by Gasteiger charge is 2.02. The van der Waals surface area contributed by atoms with E-state index in [1.54, 1.807) is 0 Å². The molecule has 0 aliphatic heterocycles. The van der Waals surface area contributed by atoms with Gasteiger partial charge >= 0.3 is 5.97 Å². The Balaban J connectivity index is 3.08. The summed E-state index contributed by atoms with van der Waals surface area (Å²) >= 11 is 0. The number of aliphatic carboxylic acids is 1. The smallest absolute Gasteiger partial charge is 0.317 e. The van der Waals surface area contributed by atoms with E-state index >= 15 is 0 Å². The molecule has 114 valence electrons. The molecule has 0 atom stereocenters. The lowest BCUT2D eigenvalue weighted by atomic mass is 10.1. The van der Waals surface area contributed by atoms with Crippen molar-refractivity contribution in [3.63, 3.8) is 0 Å². The average Bonchev–Trinajstić information content (AvgIpc) is 2.35. The first-order valence-electron chi connectivity index (χ1n) is 8.07. The lowest BCUT2D eigenvalue weighted by Crippen LogP contribution is -2.26. The summed E-state index contributed by atoms with van der Waals surface area (Å²) < 4.78 is 0. The summed E-state index contributed by atoms with van der Waals surface area (Å²) in [6.45, 7) is 3.33. The minimum absolute atomic E-state index is 0.164. The van der Waals surface area contributed by atoms with Gasteiger partial charge in [0.05, 0.1) is 6.54 Å². The maximum Gasteiger partial charge on any atom is 0.317 e. The number of carboxylic acid groups (broad SMARTS) is 1. The molecule has 0 radical (unpaired) electrons. The summed E-state index contributed by atoms with van der Waals surface area (Å²) in [5.74, 6) is -0.731. The van der Waals surface area contributed by atoms with Gasteiger partial charge in [0, 0.05) is 0 Å². The molecule has 0 fully saturated rings. The number of likely N-dealkylation sites (N-methyl/N-ethyl adjacent to an activating group) is 1. The van der Waals surface area contributed by atoms with Crippen LogP contribution >= 0.6 is 0 Å². The maximum atomic E-state index is 10.5. The third-order valence-electron chi connectivity index (χ3n) is 3.55. The molecule has 0 saturated heterocycles. The molecule has 3 nitrogen and oxygen atoms in total. The Bertz CT molecular complexity index is 207. The molecular weight excluding hydrogens is 238 g/mol. The van der Waals surface area contributed by atoms with Crippen molar-refractivity contribution in [2.75, 3.05) is 20.1 Å². The van der Waals surface area contributed by atoms with Crippen molar-refractivity contribution in [1.82, 2.24) is 4.90 Å². The van der Waals surface area contributed by atoms with Crippen molar-refractivity contribution >= 4 is 5.97 Å². The normalized spacial score (nSPS) is 11.1. The third-order valence-corrected chi connectivity index (χ3v) is 3.55. The van der Waals surface area contributed by atoms with Crippen molar-refractivity contribution < 1.29 is 9.90 Å². The predicted molar refractivity (Wildman–Crippen MR) is 81.6 cm³/mol. The van der Waals surface area contributed by atoms with Gasteiger partial charge in [-0.2, -0.15) is 0 Å². The minimum Gasteiger partial charge on any atom is -0.480 e. The van der Waals surface area contributed by atoms with Gasteiger partial charge in [-0.15, -0.1) is 0 Å². The van der Waals surface area contributed by atoms with Crippen LogP contribution in [0.15, 0.2) is 0 Å². The van der Waals surface area contributed by atoms with Crippen LogP contribution in [0.1, 0.15) is 77.6 Å². The van der Waals surface area contributed by atoms with Gasteiger partial charge in [0.25, 0.3) is 0 Å². The molecule has 0 aromatic heterocycles. The Morgan fingerprint density at radius 1 is 0.842 bits per heavy atom. The van der Waals surface area contributed by atoms with E-state index in [9.17, 15) is 4.79 Å². The fraction of sp³-hybridized carbons (Fsp3) is 0.938. The van der Waals surface area contributed by atoms with Gasteiger partial charge in [0.1, 0.15) is 0 Å². The number of carboxylic acids is 1. The van der Waals surface area contributed by atoms with Gasteiger partial charge in [-0.3, -0.25) is 9.69 Å². The van der Waals surface area contributed by atoms with Crippen molar-refractivity contribution in [3.05, 3.63) is 0 Å². The quantitative estimate of drug-likeness (QED) is 0.478. The topological polar surface area (TPSA) is 40.5 Å². The van der Waals surface area contributed by atoms with Crippen molar-refractivity contribution in [1.29, 1.82) is 0 Å². The van der Waals surface area contributed by atoms with Gasteiger partial charge in [0.15, 0.2) is 0 Å².